The summed E-state index contributed by atoms with van der Waals surface area (Å²) < 4.78 is 0. The van der Waals surface area contributed by atoms with Gasteiger partial charge in [0, 0.05) is 10.8 Å². The van der Waals surface area contributed by atoms with Gasteiger partial charge in [-0.05, 0) is 37.2 Å². The molecule has 19 heavy (non-hydrogen) atoms. The van der Waals surface area contributed by atoms with Crippen molar-refractivity contribution in [2.75, 3.05) is 11.5 Å². The number of hydrogen-bond donors (Lipinski definition) is 0. The summed E-state index contributed by atoms with van der Waals surface area (Å²) in [7, 11) is 0. The average molecular weight is 286 g/mol. The minimum absolute atomic E-state index is 0.148. The molecule has 0 amide bonds. The summed E-state index contributed by atoms with van der Waals surface area (Å²) in [5.41, 5.74) is -0.295. The van der Waals surface area contributed by atoms with E-state index in [0.29, 0.717) is 0 Å². The molecule has 0 spiro atoms. The first-order valence-corrected chi connectivity index (χ1v) is 8.49. The molecule has 0 aromatic carbocycles. The molecular formula is C16H30O2S. The van der Waals surface area contributed by atoms with Crippen LogP contribution in [-0.2, 0) is 9.59 Å². The third-order valence-corrected chi connectivity index (χ3v) is 4.51. The Morgan fingerprint density at radius 3 is 1.42 bits per heavy atom. The van der Waals surface area contributed by atoms with Crippen molar-refractivity contribution >= 4 is 24.3 Å². The largest absolute Gasteiger partial charge is 0.303 e. The van der Waals surface area contributed by atoms with E-state index in [2.05, 4.69) is 0 Å². The lowest BCUT2D eigenvalue weighted by Crippen LogP contribution is -2.12. The van der Waals surface area contributed by atoms with Crippen LogP contribution in [0.15, 0.2) is 0 Å². The molecule has 112 valence electrons. The van der Waals surface area contributed by atoms with E-state index in [4.69, 9.17) is 0 Å². The predicted octanol–water partition coefficient (Wildman–Crippen LogP) is 4.51. The van der Waals surface area contributed by atoms with Crippen molar-refractivity contribution < 1.29 is 9.59 Å². The average Bonchev–Trinajstić information content (AvgIpc) is 2.36. The molecule has 0 saturated heterocycles. The molecule has 0 aliphatic heterocycles. The molecule has 0 atom stereocenters. The molecule has 0 fully saturated rings. The lowest BCUT2D eigenvalue weighted by molar-refractivity contribution is -0.115. The quantitative estimate of drug-likeness (QED) is 0.391. The van der Waals surface area contributed by atoms with E-state index in [1.807, 2.05) is 39.5 Å². The van der Waals surface area contributed by atoms with E-state index in [1.54, 1.807) is 0 Å². The van der Waals surface area contributed by atoms with Gasteiger partial charge in [-0.1, -0.05) is 40.5 Å². The minimum atomic E-state index is -0.148. The Morgan fingerprint density at radius 2 is 1.11 bits per heavy atom. The first kappa shape index (κ1) is 18.7. The Morgan fingerprint density at radius 1 is 0.737 bits per heavy atom. The highest BCUT2D eigenvalue weighted by atomic mass is 32.2. The maximum Gasteiger partial charge on any atom is 0.125 e. The summed E-state index contributed by atoms with van der Waals surface area (Å²) in [6, 6.07) is 0. The first-order valence-electron chi connectivity index (χ1n) is 7.33. The third kappa shape index (κ3) is 11.2. The molecular weight excluding hydrogens is 256 g/mol. The first-order chi connectivity index (χ1) is 8.83. The van der Waals surface area contributed by atoms with Crippen LogP contribution >= 0.6 is 11.8 Å². The van der Waals surface area contributed by atoms with Crippen molar-refractivity contribution in [3.63, 3.8) is 0 Å². The van der Waals surface area contributed by atoms with Crippen molar-refractivity contribution in [1.82, 2.24) is 0 Å². The fourth-order valence-corrected chi connectivity index (χ4v) is 2.81. The minimum Gasteiger partial charge on any atom is -0.303 e. The SMILES string of the molecule is CC(C)(C=O)CCCCSCCCCC(C)(C)C=O. The van der Waals surface area contributed by atoms with E-state index in [-0.39, 0.29) is 10.8 Å². The summed E-state index contributed by atoms with van der Waals surface area (Å²) >= 11 is 1.99. The van der Waals surface area contributed by atoms with Crippen molar-refractivity contribution in [3.05, 3.63) is 0 Å². The van der Waals surface area contributed by atoms with Crippen LogP contribution in [0.1, 0.15) is 66.2 Å². The monoisotopic (exact) mass is 286 g/mol. The number of carbonyl (C=O) groups excluding carboxylic acids is 2. The van der Waals surface area contributed by atoms with E-state index < -0.39 is 0 Å². The van der Waals surface area contributed by atoms with Crippen molar-refractivity contribution in [2.24, 2.45) is 10.8 Å². The van der Waals surface area contributed by atoms with Crippen LogP contribution in [0, 0.1) is 10.8 Å². The summed E-state index contributed by atoms with van der Waals surface area (Å²) in [4.78, 5) is 21.5. The Balaban J connectivity index is 3.33. The Kier molecular flexibility index (Phi) is 9.42. The summed E-state index contributed by atoms with van der Waals surface area (Å²) in [5, 5.41) is 0. The summed E-state index contributed by atoms with van der Waals surface area (Å²) in [6.07, 6.45) is 8.77. The van der Waals surface area contributed by atoms with Crippen molar-refractivity contribution in [2.45, 2.75) is 66.2 Å². The number of carbonyl (C=O) groups is 2. The van der Waals surface area contributed by atoms with Crippen LogP contribution in [-0.4, -0.2) is 24.1 Å². The van der Waals surface area contributed by atoms with Crippen LogP contribution in [0.5, 0.6) is 0 Å². The van der Waals surface area contributed by atoms with Gasteiger partial charge in [-0.25, -0.2) is 0 Å². The van der Waals surface area contributed by atoms with Crippen molar-refractivity contribution in [1.29, 1.82) is 0 Å². The molecule has 0 bridgehead atoms. The number of unbranched alkanes of at least 4 members (excludes halogenated alkanes) is 2. The highest BCUT2D eigenvalue weighted by molar-refractivity contribution is 7.99. The highest BCUT2D eigenvalue weighted by Gasteiger charge is 2.16. The van der Waals surface area contributed by atoms with E-state index in [9.17, 15) is 9.59 Å². The Hall–Kier alpha value is -0.310. The van der Waals surface area contributed by atoms with Gasteiger partial charge in [-0.15, -0.1) is 0 Å². The van der Waals surface area contributed by atoms with Gasteiger partial charge in [-0.3, -0.25) is 0 Å². The Bertz CT molecular complexity index is 233. The van der Waals surface area contributed by atoms with E-state index >= 15 is 0 Å². The fraction of sp³-hybridized carbons (Fsp3) is 0.875. The van der Waals surface area contributed by atoms with Gasteiger partial charge in [0.2, 0.25) is 0 Å². The molecule has 2 nitrogen and oxygen atoms in total. The molecule has 0 radical (unpaired) electrons. The van der Waals surface area contributed by atoms with Gasteiger partial charge < -0.3 is 9.59 Å². The van der Waals surface area contributed by atoms with Gasteiger partial charge in [0.25, 0.3) is 0 Å². The van der Waals surface area contributed by atoms with Gasteiger partial charge in [0.1, 0.15) is 12.6 Å². The van der Waals surface area contributed by atoms with Crippen LogP contribution in [0.25, 0.3) is 0 Å². The van der Waals surface area contributed by atoms with Gasteiger partial charge in [-0.2, -0.15) is 11.8 Å². The number of rotatable bonds is 12. The summed E-state index contributed by atoms with van der Waals surface area (Å²) in [6.45, 7) is 8.01. The molecule has 3 heteroatoms. The lowest BCUT2D eigenvalue weighted by Gasteiger charge is -2.16. The predicted molar refractivity (Wildman–Crippen MR) is 84.7 cm³/mol. The smallest absolute Gasteiger partial charge is 0.125 e. The van der Waals surface area contributed by atoms with E-state index in [1.165, 1.54) is 24.3 Å². The number of hydrogen-bond acceptors (Lipinski definition) is 3. The Labute approximate surface area is 123 Å². The molecule has 0 heterocycles. The van der Waals surface area contributed by atoms with Crippen LogP contribution < -0.4 is 0 Å². The fourth-order valence-electron chi connectivity index (χ4n) is 1.79. The van der Waals surface area contributed by atoms with Crippen LogP contribution in [0.4, 0.5) is 0 Å². The zero-order valence-corrected chi connectivity index (χ0v) is 13.9. The number of aldehydes is 2. The standard InChI is InChI=1S/C16H30O2S/c1-15(2,13-17)9-5-7-11-19-12-8-6-10-16(3,4)14-18/h13-14H,5-12H2,1-4H3. The molecule has 0 saturated carbocycles. The van der Waals surface area contributed by atoms with Crippen molar-refractivity contribution in [3.8, 4) is 0 Å². The molecule has 0 rings (SSSR count). The second-order valence-electron chi connectivity index (χ2n) is 6.74. The molecule has 0 aromatic heterocycles. The third-order valence-electron chi connectivity index (χ3n) is 3.36. The molecule has 0 aromatic rings. The maximum absolute atomic E-state index is 10.7. The molecule has 0 N–H and O–H groups in total. The normalized spacial score (nSPS) is 12.4. The van der Waals surface area contributed by atoms with Gasteiger partial charge in [0.15, 0.2) is 0 Å². The van der Waals surface area contributed by atoms with Gasteiger partial charge in [0.05, 0.1) is 0 Å². The lowest BCUT2D eigenvalue weighted by atomic mass is 9.89. The molecule has 0 aliphatic rings. The maximum atomic E-state index is 10.7. The van der Waals surface area contributed by atoms with E-state index in [0.717, 1.165) is 38.3 Å². The summed E-state index contributed by atoms with van der Waals surface area (Å²) in [5.74, 6) is 2.37. The second-order valence-corrected chi connectivity index (χ2v) is 7.96. The molecule has 0 unspecified atom stereocenters. The topological polar surface area (TPSA) is 34.1 Å². The second kappa shape index (κ2) is 9.57. The zero-order chi connectivity index (χ0) is 14.8. The van der Waals surface area contributed by atoms with Crippen LogP contribution in [0.2, 0.25) is 0 Å². The molecule has 0 aliphatic carbocycles. The van der Waals surface area contributed by atoms with Gasteiger partial charge >= 0.3 is 0 Å². The highest BCUT2D eigenvalue weighted by Crippen LogP contribution is 2.22. The van der Waals surface area contributed by atoms with Crippen LogP contribution in [0.3, 0.4) is 0 Å². The zero-order valence-electron chi connectivity index (χ0n) is 13.0. The number of thioether (sulfide) groups is 1.